The Bertz CT molecular complexity index is 360. The number of carbonyl (C=O) groups excluding carboxylic acids is 1. The zero-order valence-corrected chi connectivity index (χ0v) is 17.1. The summed E-state index contributed by atoms with van der Waals surface area (Å²) in [4.78, 5) is 15.0. The lowest BCUT2D eigenvalue weighted by Gasteiger charge is -2.39. The number of rotatable bonds is 5. The molecule has 4 nitrogen and oxygen atoms in total. The molecule has 3 N–H and O–H groups in total. The van der Waals surface area contributed by atoms with Crippen LogP contribution in [-0.4, -0.2) is 42.5 Å². The molecule has 6 heteroatoms. The first-order chi connectivity index (χ1) is 10.5. The van der Waals surface area contributed by atoms with Gasteiger partial charge < -0.3 is 11.1 Å². The van der Waals surface area contributed by atoms with Crippen LogP contribution in [0.15, 0.2) is 0 Å². The Morgan fingerprint density at radius 3 is 2.33 bits per heavy atom. The molecule has 2 aliphatic rings. The van der Waals surface area contributed by atoms with Gasteiger partial charge in [-0.2, -0.15) is 0 Å². The second-order valence-corrected chi connectivity index (χ2v) is 7.90. The molecule has 2 rings (SSSR count). The van der Waals surface area contributed by atoms with Crippen molar-refractivity contribution < 1.29 is 4.79 Å². The smallest absolute Gasteiger partial charge is 0.223 e. The molecular weight excluding hydrogens is 345 g/mol. The standard InChI is InChI=1S/C18H35N3O.2ClH/c1-13(2)17(21-9-7-14(3)8-10-21)12-20-18(22)15-5-4-6-16(19)11-15;;/h13-17H,4-12,19H2,1-3H3,(H,20,22);2*1H. The number of piperidine rings is 1. The maximum Gasteiger partial charge on any atom is 0.223 e. The van der Waals surface area contributed by atoms with Gasteiger partial charge in [0.1, 0.15) is 0 Å². The van der Waals surface area contributed by atoms with E-state index in [0.29, 0.717) is 12.0 Å². The lowest BCUT2D eigenvalue weighted by atomic mass is 9.85. The monoisotopic (exact) mass is 381 g/mol. The molecule has 0 aromatic rings. The predicted octanol–water partition coefficient (Wildman–Crippen LogP) is 3.22. The van der Waals surface area contributed by atoms with Crippen molar-refractivity contribution in [2.24, 2.45) is 23.5 Å². The van der Waals surface area contributed by atoms with E-state index in [9.17, 15) is 4.79 Å². The molecule has 1 heterocycles. The lowest BCUT2D eigenvalue weighted by Crippen LogP contribution is -2.50. The summed E-state index contributed by atoms with van der Waals surface area (Å²) in [6.45, 7) is 10.0. The van der Waals surface area contributed by atoms with E-state index in [1.807, 2.05) is 0 Å². The largest absolute Gasteiger partial charge is 0.354 e. The summed E-state index contributed by atoms with van der Waals surface area (Å²) in [5, 5.41) is 3.23. The first kappa shape index (κ1) is 24.0. The van der Waals surface area contributed by atoms with Crippen molar-refractivity contribution in [1.29, 1.82) is 0 Å². The first-order valence-electron chi connectivity index (χ1n) is 9.24. The molecule has 1 aliphatic carbocycles. The Balaban J connectivity index is 0.00000264. The number of hydrogen-bond donors (Lipinski definition) is 2. The number of likely N-dealkylation sites (tertiary alicyclic amines) is 1. The highest BCUT2D eigenvalue weighted by molar-refractivity contribution is 5.85. The van der Waals surface area contributed by atoms with Gasteiger partial charge in [0.15, 0.2) is 0 Å². The Labute approximate surface area is 160 Å². The molecule has 0 radical (unpaired) electrons. The van der Waals surface area contributed by atoms with E-state index in [2.05, 4.69) is 31.0 Å². The molecule has 1 saturated heterocycles. The van der Waals surface area contributed by atoms with Crippen molar-refractivity contribution in [3.8, 4) is 0 Å². The molecule has 3 unspecified atom stereocenters. The number of nitrogens with two attached hydrogens (primary N) is 1. The third-order valence-corrected chi connectivity index (χ3v) is 5.63. The van der Waals surface area contributed by atoms with Crippen LogP contribution in [0, 0.1) is 17.8 Å². The average molecular weight is 382 g/mol. The fourth-order valence-corrected chi connectivity index (χ4v) is 3.96. The maximum absolute atomic E-state index is 12.4. The van der Waals surface area contributed by atoms with Crippen LogP contribution in [0.5, 0.6) is 0 Å². The van der Waals surface area contributed by atoms with Gasteiger partial charge in [-0.1, -0.05) is 27.2 Å². The molecular formula is C18H37Cl2N3O. The van der Waals surface area contributed by atoms with Crippen LogP contribution in [0.2, 0.25) is 0 Å². The SMILES string of the molecule is CC1CCN(C(CNC(=O)C2CCCC(N)C2)C(C)C)CC1.Cl.Cl. The summed E-state index contributed by atoms with van der Waals surface area (Å²) < 4.78 is 0. The van der Waals surface area contributed by atoms with E-state index in [0.717, 1.165) is 38.1 Å². The highest BCUT2D eigenvalue weighted by Crippen LogP contribution is 2.24. The lowest BCUT2D eigenvalue weighted by molar-refractivity contribution is -0.126. The van der Waals surface area contributed by atoms with E-state index in [1.165, 1.54) is 25.9 Å². The minimum Gasteiger partial charge on any atom is -0.354 e. The number of hydrogen-bond acceptors (Lipinski definition) is 3. The minimum absolute atomic E-state index is 0. The van der Waals surface area contributed by atoms with Crippen LogP contribution in [0.25, 0.3) is 0 Å². The summed E-state index contributed by atoms with van der Waals surface area (Å²) >= 11 is 0. The first-order valence-corrected chi connectivity index (χ1v) is 9.24. The molecule has 24 heavy (non-hydrogen) atoms. The van der Waals surface area contributed by atoms with Gasteiger partial charge in [0, 0.05) is 24.5 Å². The third kappa shape index (κ3) is 7.07. The molecule has 0 aromatic carbocycles. The van der Waals surface area contributed by atoms with Crippen molar-refractivity contribution in [2.45, 2.75) is 71.4 Å². The van der Waals surface area contributed by atoms with Gasteiger partial charge in [0.2, 0.25) is 5.91 Å². The van der Waals surface area contributed by atoms with Crippen molar-refractivity contribution in [3.63, 3.8) is 0 Å². The van der Waals surface area contributed by atoms with Gasteiger partial charge in [0.25, 0.3) is 0 Å². The Hall–Kier alpha value is -0.0300. The molecule has 144 valence electrons. The normalized spacial score (nSPS) is 27.0. The van der Waals surface area contributed by atoms with Crippen molar-refractivity contribution in [1.82, 2.24) is 10.2 Å². The number of nitrogens with zero attached hydrogens (tertiary/aromatic N) is 1. The van der Waals surface area contributed by atoms with E-state index in [1.54, 1.807) is 0 Å². The van der Waals surface area contributed by atoms with Crippen LogP contribution >= 0.6 is 24.8 Å². The summed E-state index contributed by atoms with van der Waals surface area (Å²) in [5.41, 5.74) is 6.01. The minimum atomic E-state index is 0. The molecule has 0 bridgehead atoms. The molecule has 3 atom stereocenters. The van der Waals surface area contributed by atoms with Crippen LogP contribution in [0.4, 0.5) is 0 Å². The molecule has 0 spiro atoms. The second kappa shape index (κ2) is 11.6. The highest BCUT2D eigenvalue weighted by atomic mass is 35.5. The fourth-order valence-electron chi connectivity index (χ4n) is 3.96. The fraction of sp³-hybridized carbons (Fsp3) is 0.944. The summed E-state index contributed by atoms with van der Waals surface area (Å²) in [5.74, 6) is 1.79. The molecule has 0 aromatic heterocycles. The molecule has 2 fully saturated rings. The summed E-state index contributed by atoms with van der Waals surface area (Å²) in [7, 11) is 0. The quantitative estimate of drug-likeness (QED) is 0.768. The number of carbonyl (C=O) groups is 1. The van der Waals surface area contributed by atoms with Gasteiger partial charge in [0.05, 0.1) is 0 Å². The highest BCUT2D eigenvalue weighted by Gasteiger charge is 2.28. The van der Waals surface area contributed by atoms with Crippen LogP contribution in [0.3, 0.4) is 0 Å². The Morgan fingerprint density at radius 1 is 1.17 bits per heavy atom. The average Bonchev–Trinajstić information content (AvgIpc) is 2.48. The maximum atomic E-state index is 12.4. The van der Waals surface area contributed by atoms with E-state index in [4.69, 9.17) is 5.73 Å². The van der Waals surface area contributed by atoms with E-state index in [-0.39, 0.29) is 42.7 Å². The van der Waals surface area contributed by atoms with Gasteiger partial charge in [-0.3, -0.25) is 9.69 Å². The van der Waals surface area contributed by atoms with Crippen molar-refractivity contribution >= 4 is 30.7 Å². The van der Waals surface area contributed by atoms with Crippen molar-refractivity contribution in [2.75, 3.05) is 19.6 Å². The summed E-state index contributed by atoms with van der Waals surface area (Å²) in [6, 6.07) is 0.683. The Kier molecular flexibility index (Phi) is 11.5. The van der Waals surface area contributed by atoms with Crippen LogP contribution < -0.4 is 11.1 Å². The van der Waals surface area contributed by atoms with Crippen molar-refractivity contribution in [3.05, 3.63) is 0 Å². The van der Waals surface area contributed by atoms with E-state index < -0.39 is 0 Å². The van der Waals surface area contributed by atoms with Gasteiger partial charge >= 0.3 is 0 Å². The molecule has 1 saturated carbocycles. The number of nitrogens with one attached hydrogen (secondary N) is 1. The predicted molar refractivity (Wildman–Crippen MR) is 106 cm³/mol. The zero-order chi connectivity index (χ0) is 16.1. The number of halogens is 2. The zero-order valence-electron chi connectivity index (χ0n) is 15.5. The topological polar surface area (TPSA) is 58.4 Å². The van der Waals surface area contributed by atoms with Crippen LogP contribution in [0.1, 0.15) is 59.3 Å². The van der Waals surface area contributed by atoms with Gasteiger partial charge in [-0.05, 0) is 57.0 Å². The van der Waals surface area contributed by atoms with Gasteiger partial charge in [-0.25, -0.2) is 0 Å². The summed E-state index contributed by atoms with van der Waals surface area (Å²) in [6.07, 6.45) is 6.61. The van der Waals surface area contributed by atoms with E-state index >= 15 is 0 Å². The molecule has 1 aliphatic heterocycles. The second-order valence-electron chi connectivity index (χ2n) is 7.90. The number of amides is 1. The Morgan fingerprint density at radius 2 is 1.79 bits per heavy atom. The van der Waals surface area contributed by atoms with Gasteiger partial charge in [-0.15, -0.1) is 24.8 Å². The van der Waals surface area contributed by atoms with Crippen LogP contribution in [-0.2, 0) is 4.79 Å². The third-order valence-electron chi connectivity index (χ3n) is 5.63. The molecule has 1 amide bonds.